The van der Waals surface area contributed by atoms with Gasteiger partial charge in [0.1, 0.15) is 4.21 Å². The van der Waals surface area contributed by atoms with E-state index in [1.165, 1.54) is 22.7 Å². The largest absolute Gasteiger partial charge is 0.326 e. The standard InChI is InChI=1S/C17H18N2O3S2/c1-3-14-7-4-8-15(13-14)18-16(20)9-5-11-19(2)24(21,22)17-10-6-12-23-17/h1,4,6-8,10,12-13H,5,9,11H2,2H3,(H,18,20). The number of amides is 1. The Morgan fingerprint density at radius 2 is 2.12 bits per heavy atom. The van der Waals surface area contributed by atoms with Crippen molar-refractivity contribution in [1.29, 1.82) is 0 Å². The fourth-order valence-corrected chi connectivity index (χ4v) is 4.47. The van der Waals surface area contributed by atoms with Crippen LogP contribution >= 0.6 is 11.3 Å². The Morgan fingerprint density at radius 1 is 1.33 bits per heavy atom. The number of hydrogen-bond donors (Lipinski definition) is 1. The Morgan fingerprint density at radius 3 is 2.79 bits per heavy atom. The van der Waals surface area contributed by atoms with Crippen LogP contribution in [-0.2, 0) is 14.8 Å². The van der Waals surface area contributed by atoms with Crippen LogP contribution in [0.2, 0.25) is 0 Å². The van der Waals surface area contributed by atoms with E-state index >= 15 is 0 Å². The molecule has 0 bridgehead atoms. The van der Waals surface area contributed by atoms with Crippen LogP contribution in [0.1, 0.15) is 18.4 Å². The van der Waals surface area contributed by atoms with Gasteiger partial charge in [-0.2, -0.15) is 0 Å². The highest BCUT2D eigenvalue weighted by Gasteiger charge is 2.21. The van der Waals surface area contributed by atoms with Crippen LogP contribution in [0.15, 0.2) is 46.0 Å². The quantitative estimate of drug-likeness (QED) is 0.770. The molecule has 0 unspecified atom stereocenters. The third-order valence-corrected chi connectivity index (χ3v) is 6.58. The van der Waals surface area contributed by atoms with Gasteiger partial charge in [-0.15, -0.1) is 17.8 Å². The van der Waals surface area contributed by atoms with Gasteiger partial charge in [0, 0.05) is 31.3 Å². The van der Waals surface area contributed by atoms with Crippen LogP contribution in [0.4, 0.5) is 5.69 Å². The molecule has 0 aliphatic carbocycles. The first-order valence-corrected chi connectivity index (χ1v) is 9.62. The number of rotatable bonds is 7. The highest BCUT2D eigenvalue weighted by Crippen LogP contribution is 2.20. The Hall–Kier alpha value is -2.14. The van der Waals surface area contributed by atoms with E-state index in [-0.39, 0.29) is 18.9 Å². The minimum absolute atomic E-state index is 0.175. The first kappa shape index (κ1) is 18.2. The molecule has 0 saturated carbocycles. The highest BCUT2D eigenvalue weighted by atomic mass is 32.2. The summed E-state index contributed by atoms with van der Waals surface area (Å²) >= 11 is 1.18. The molecule has 0 aliphatic rings. The van der Waals surface area contributed by atoms with E-state index in [0.29, 0.717) is 21.9 Å². The van der Waals surface area contributed by atoms with Gasteiger partial charge in [0.05, 0.1) is 0 Å². The third kappa shape index (κ3) is 4.68. The van der Waals surface area contributed by atoms with Crippen molar-refractivity contribution in [3.8, 4) is 12.3 Å². The first-order chi connectivity index (χ1) is 11.4. The van der Waals surface area contributed by atoms with Crippen molar-refractivity contribution in [2.24, 2.45) is 0 Å². The third-order valence-electron chi connectivity index (χ3n) is 3.35. The minimum Gasteiger partial charge on any atom is -0.326 e. The number of hydrogen-bond acceptors (Lipinski definition) is 4. The number of benzene rings is 1. The Bertz CT molecular complexity index is 837. The van der Waals surface area contributed by atoms with E-state index in [1.807, 2.05) is 0 Å². The molecule has 1 aromatic heterocycles. The summed E-state index contributed by atoms with van der Waals surface area (Å²) in [6, 6.07) is 10.3. The van der Waals surface area contributed by atoms with Gasteiger partial charge in [-0.05, 0) is 36.1 Å². The van der Waals surface area contributed by atoms with Crippen LogP contribution in [0, 0.1) is 12.3 Å². The predicted octanol–water partition coefficient (Wildman–Crippen LogP) is 2.77. The number of anilines is 1. The molecule has 2 rings (SSSR count). The van der Waals surface area contributed by atoms with Gasteiger partial charge >= 0.3 is 0 Å². The lowest BCUT2D eigenvalue weighted by atomic mass is 10.2. The maximum atomic E-state index is 12.2. The molecule has 0 spiro atoms. The van der Waals surface area contributed by atoms with Gasteiger partial charge in [0.2, 0.25) is 5.91 Å². The summed E-state index contributed by atoms with van der Waals surface area (Å²) in [6.45, 7) is 0.276. The van der Waals surface area contributed by atoms with Gasteiger partial charge in [0.25, 0.3) is 10.0 Å². The Kier molecular flexibility index (Phi) is 6.15. The molecule has 2 aromatic rings. The number of thiophene rings is 1. The zero-order chi connectivity index (χ0) is 17.6. The van der Waals surface area contributed by atoms with Gasteiger partial charge in [-0.3, -0.25) is 4.79 Å². The summed E-state index contributed by atoms with van der Waals surface area (Å²) in [5, 5.41) is 4.48. The lowest BCUT2D eigenvalue weighted by molar-refractivity contribution is -0.116. The van der Waals surface area contributed by atoms with Crippen molar-refractivity contribution in [2.45, 2.75) is 17.1 Å². The van der Waals surface area contributed by atoms with Crippen LogP contribution in [0.25, 0.3) is 0 Å². The number of terminal acetylenes is 1. The van der Waals surface area contributed by atoms with Crippen molar-refractivity contribution in [3.63, 3.8) is 0 Å². The zero-order valence-electron chi connectivity index (χ0n) is 13.2. The average molecular weight is 362 g/mol. The molecule has 1 N–H and O–H groups in total. The molecule has 0 aliphatic heterocycles. The van der Waals surface area contributed by atoms with Gasteiger partial charge in [-0.1, -0.05) is 18.1 Å². The SMILES string of the molecule is C#Cc1cccc(NC(=O)CCCN(C)S(=O)(=O)c2cccs2)c1. The molecule has 5 nitrogen and oxygen atoms in total. The van der Waals surface area contributed by atoms with Crippen LogP contribution in [0.3, 0.4) is 0 Å². The molecule has 0 saturated heterocycles. The molecule has 1 aromatic carbocycles. The second-order valence-corrected chi connectivity index (χ2v) is 8.35. The van der Waals surface area contributed by atoms with E-state index in [1.54, 1.807) is 41.8 Å². The first-order valence-electron chi connectivity index (χ1n) is 7.30. The fraction of sp³-hybridized carbons (Fsp3) is 0.235. The maximum Gasteiger partial charge on any atom is 0.252 e. The van der Waals surface area contributed by atoms with Gasteiger partial charge in [-0.25, -0.2) is 12.7 Å². The monoisotopic (exact) mass is 362 g/mol. The summed E-state index contributed by atoms with van der Waals surface area (Å²) in [5.74, 6) is 2.33. The van der Waals surface area contributed by atoms with E-state index < -0.39 is 10.0 Å². The number of nitrogens with zero attached hydrogens (tertiary/aromatic N) is 1. The Balaban J connectivity index is 1.83. The summed E-state index contributed by atoms with van der Waals surface area (Å²) in [7, 11) is -1.95. The predicted molar refractivity (Wildman–Crippen MR) is 96.4 cm³/mol. The lowest BCUT2D eigenvalue weighted by Gasteiger charge is -2.15. The topological polar surface area (TPSA) is 66.5 Å². The molecule has 0 atom stereocenters. The normalized spacial score (nSPS) is 11.2. The van der Waals surface area contributed by atoms with Crippen molar-refractivity contribution >= 4 is 33.0 Å². The van der Waals surface area contributed by atoms with E-state index in [0.717, 1.165) is 0 Å². The number of nitrogens with one attached hydrogen (secondary N) is 1. The second kappa shape index (κ2) is 8.11. The molecule has 24 heavy (non-hydrogen) atoms. The van der Waals surface area contributed by atoms with Crippen molar-refractivity contribution < 1.29 is 13.2 Å². The van der Waals surface area contributed by atoms with Crippen molar-refractivity contribution in [1.82, 2.24) is 4.31 Å². The van der Waals surface area contributed by atoms with Crippen LogP contribution in [-0.4, -0.2) is 32.2 Å². The van der Waals surface area contributed by atoms with E-state index in [4.69, 9.17) is 6.42 Å². The smallest absolute Gasteiger partial charge is 0.252 e. The number of carbonyl (C=O) groups is 1. The summed E-state index contributed by atoms with van der Waals surface area (Å²) in [4.78, 5) is 11.9. The van der Waals surface area contributed by atoms with Crippen LogP contribution in [0.5, 0.6) is 0 Å². The summed E-state index contributed by atoms with van der Waals surface area (Å²) in [5.41, 5.74) is 1.32. The molecule has 0 radical (unpaired) electrons. The van der Waals surface area contributed by atoms with Gasteiger partial charge < -0.3 is 5.32 Å². The average Bonchev–Trinajstić information content (AvgIpc) is 3.10. The minimum atomic E-state index is -3.46. The molecule has 126 valence electrons. The molecule has 0 fully saturated rings. The van der Waals surface area contributed by atoms with Crippen LogP contribution < -0.4 is 5.32 Å². The van der Waals surface area contributed by atoms with Crippen molar-refractivity contribution in [3.05, 3.63) is 47.3 Å². The number of sulfonamides is 1. The van der Waals surface area contributed by atoms with Gasteiger partial charge in [0.15, 0.2) is 0 Å². The van der Waals surface area contributed by atoms with E-state index in [2.05, 4.69) is 11.2 Å². The highest BCUT2D eigenvalue weighted by molar-refractivity contribution is 7.91. The van der Waals surface area contributed by atoms with E-state index in [9.17, 15) is 13.2 Å². The Labute approximate surface area is 146 Å². The molecular weight excluding hydrogens is 344 g/mol. The summed E-state index contributed by atoms with van der Waals surface area (Å²) in [6.07, 6.45) is 5.98. The fourth-order valence-electron chi connectivity index (χ4n) is 2.06. The lowest BCUT2D eigenvalue weighted by Crippen LogP contribution is -2.28. The molecular formula is C17H18N2O3S2. The van der Waals surface area contributed by atoms with Crippen molar-refractivity contribution in [2.75, 3.05) is 18.9 Å². The maximum absolute atomic E-state index is 12.2. The second-order valence-electron chi connectivity index (χ2n) is 5.14. The molecule has 1 amide bonds. The molecule has 1 heterocycles. The summed E-state index contributed by atoms with van der Waals surface area (Å²) < 4.78 is 26.1. The zero-order valence-corrected chi connectivity index (χ0v) is 14.9. The molecule has 7 heteroatoms. The number of carbonyl (C=O) groups excluding carboxylic acids is 1.